The van der Waals surface area contributed by atoms with E-state index in [0.717, 1.165) is 24.2 Å². The van der Waals surface area contributed by atoms with Gasteiger partial charge in [-0.25, -0.2) is 0 Å². The minimum absolute atomic E-state index is 0.244. The molecule has 0 saturated heterocycles. The second-order valence-corrected chi connectivity index (χ2v) is 7.56. The van der Waals surface area contributed by atoms with Gasteiger partial charge in [-0.2, -0.15) is 11.8 Å². The van der Waals surface area contributed by atoms with E-state index in [4.69, 9.17) is 5.73 Å². The molecular formula is C17H24N2OS. The number of primary amides is 1. The Labute approximate surface area is 131 Å². The van der Waals surface area contributed by atoms with Crippen molar-refractivity contribution in [2.75, 3.05) is 5.75 Å². The summed E-state index contributed by atoms with van der Waals surface area (Å²) in [7, 11) is 0. The number of thioether (sulfide) groups is 1. The van der Waals surface area contributed by atoms with Crippen LogP contribution in [0.3, 0.4) is 0 Å². The fourth-order valence-electron chi connectivity index (χ4n) is 3.09. The van der Waals surface area contributed by atoms with Crippen LogP contribution in [0.4, 0.5) is 0 Å². The number of hydrogen-bond acceptors (Lipinski definition) is 3. The third-order valence-corrected chi connectivity index (χ3v) is 6.10. The van der Waals surface area contributed by atoms with Gasteiger partial charge < -0.3 is 5.73 Å². The quantitative estimate of drug-likeness (QED) is 0.814. The standard InChI is InChI=1S/C17H24N2OS/c18-16(20)17(19-14-10-11-14,13-6-2-1-3-7-13)12-21-15-8-4-5-9-15/h1-3,6-7,14-15,19H,4-5,8-12H2,(H2,18,20). The van der Waals surface area contributed by atoms with Crippen LogP contribution < -0.4 is 11.1 Å². The van der Waals surface area contributed by atoms with Crippen molar-refractivity contribution < 1.29 is 4.79 Å². The fraction of sp³-hybridized carbons (Fsp3) is 0.588. The number of nitrogens with two attached hydrogens (primary N) is 1. The van der Waals surface area contributed by atoms with Crippen molar-refractivity contribution in [2.24, 2.45) is 5.73 Å². The van der Waals surface area contributed by atoms with Gasteiger partial charge in [-0.1, -0.05) is 43.2 Å². The number of benzene rings is 1. The SMILES string of the molecule is NC(=O)C(CSC1CCCC1)(NC1CC1)c1ccccc1. The van der Waals surface area contributed by atoms with Crippen LogP contribution in [-0.2, 0) is 10.3 Å². The summed E-state index contributed by atoms with van der Waals surface area (Å²) in [4.78, 5) is 12.3. The van der Waals surface area contributed by atoms with Crippen molar-refractivity contribution in [3.8, 4) is 0 Å². The monoisotopic (exact) mass is 304 g/mol. The summed E-state index contributed by atoms with van der Waals surface area (Å²) in [5.41, 5.74) is 6.15. The Kier molecular flexibility index (Phi) is 4.55. The van der Waals surface area contributed by atoms with Crippen LogP contribution >= 0.6 is 11.8 Å². The van der Waals surface area contributed by atoms with Gasteiger partial charge in [-0.15, -0.1) is 0 Å². The molecule has 2 aliphatic carbocycles. The summed E-state index contributed by atoms with van der Waals surface area (Å²) in [5.74, 6) is 0.499. The molecule has 0 bridgehead atoms. The van der Waals surface area contributed by atoms with Crippen molar-refractivity contribution >= 4 is 17.7 Å². The van der Waals surface area contributed by atoms with E-state index in [2.05, 4.69) is 5.32 Å². The molecule has 3 nitrogen and oxygen atoms in total. The molecule has 21 heavy (non-hydrogen) atoms. The first-order valence-corrected chi connectivity index (χ1v) is 9.00. The predicted octanol–water partition coefficient (Wildman–Crippen LogP) is 2.80. The van der Waals surface area contributed by atoms with E-state index in [-0.39, 0.29) is 5.91 Å². The molecule has 3 N–H and O–H groups in total. The molecule has 3 rings (SSSR count). The Morgan fingerprint density at radius 1 is 1.19 bits per heavy atom. The molecule has 0 spiro atoms. The van der Waals surface area contributed by atoms with Crippen molar-refractivity contribution in [3.63, 3.8) is 0 Å². The Bertz CT molecular complexity index is 483. The summed E-state index contributed by atoms with van der Waals surface area (Å²) < 4.78 is 0. The first-order valence-electron chi connectivity index (χ1n) is 7.95. The third kappa shape index (κ3) is 3.43. The van der Waals surface area contributed by atoms with Crippen LogP contribution in [0.1, 0.15) is 44.1 Å². The van der Waals surface area contributed by atoms with Crippen LogP contribution in [0.5, 0.6) is 0 Å². The number of carbonyl (C=O) groups excluding carboxylic acids is 1. The van der Waals surface area contributed by atoms with Crippen molar-refractivity contribution in [1.29, 1.82) is 0 Å². The average Bonchev–Trinajstić information content (AvgIpc) is 3.16. The molecule has 2 aliphatic rings. The zero-order chi connectivity index (χ0) is 14.7. The Morgan fingerprint density at radius 3 is 2.43 bits per heavy atom. The molecule has 0 radical (unpaired) electrons. The minimum Gasteiger partial charge on any atom is -0.368 e. The normalized spacial score (nSPS) is 22.1. The highest BCUT2D eigenvalue weighted by Gasteiger charge is 2.43. The van der Waals surface area contributed by atoms with E-state index in [0.29, 0.717) is 11.3 Å². The molecule has 114 valence electrons. The van der Waals surface area contributed by atoms with Gasteiger partial charge in [0.15, 0.2) is 0 Å². The third-order valence-electron chi connectivity index (χ3n) is 4.55. The predicted molar refractivity (Wildman–Crippen MR) is 88.2 cm³/mol. The summed E-state index contributed by atoms with van der Waals surface area (Å²) >= 11 is 1.92. The molecule has 1 atom stereocenters. The van der Waals surface area contributed by atoms with Gasteiger partial charge in [0.25, 0.3) is 0 Å². The number of nitrogens with one attached hydrogen (secondary N) is 1. The van der Waals surface area contributed by atoms with E-state index in [1.807, 2.05) is 42.1 Å². The topological polar surface area (TPSA) is 55.1 Å². The molecule has 1 aromatic carbocycles. The Morgan fingerprint density at radius 2 is 1.86 bits per heavy atom. The van der Waals surface area contributed by atoms with Gasteiger partial charge in [0.2, 0.25) is 5.91 Å². The molecule has 0 aliphatic heterocycles. The summed E-state index contributed by atoms with van der Waals surface area (Å²) in [6.45, 7) is 0. The van der Waals surface area contributed by atoms with Gasteiger partial charge in [-0.3, -0.25) is 10.1 Å². The van der Waals surface area contributed by atoms with Crippen molar-refractivity contribution in [3.05, 3.63) is 35.9 Å². The lowest BCUT2D eigenvalue weighted by molar-refractivity contribution is -0.124. The Hall–Kier alpha value is -1.00. The summed E-state index contributed by atoms with van der Waals surface area (Å²) in [6, 6.07) is 10.5. The molecule has 1 unspecified atom stereocenters. The largest absolute Gasteiger partial charge is 0.368 e. The zero-order valence-corrected chi connectivity index (χ0v) is 13.2. The second-order valence-electron chi connectivity index (χ2n) is 6.27. The van der Waals surface area contributed by atoms with E-state index >= 15 is 0 Å². The molecule has 4 heteroatoms. The number of carbonyl (C=O) groups is 1. The average molecular weight is 304 g/mol. The highest BCUT2D eigenvalue weighted by molar-refractivity contribution is 8.00. The maximum absolute atomic E-state index is 12.3. The molecular weight excluding hydrogens is 280 g/mol. The molecule has 0 heterocycles. The molecule has 1 amide bonds. The maximum atomic E-state index is 12.3. The molecule has 2 fully saturated rings. The van der Waals surface area contributed by atoms with Gasteiger partial charge in [0.05, 0.1) is 0 Å². The molecule has 2 saturated carbocycles. The van der Waals surface area contributed by atoms with Gasteiger partial charge in [-0.05, 0) is 31.2 Å². The van der Waals surface area contributed by atoms with Crippen LogP contribution in [0.25, 0.3) is 0 Å². The maximum Gasteiger partial charge on any atom is 0.243 e. The number of rotatable bonds is 7. The van der Waals surface area contributed by atoms with Crippen molar-refractivity contribution in [1.82, 2.24) is 5.32 Å². The van der Waals surface area contributed by atoms with E-state index in [1.54, 1.807) is 0 Å². The highest BCUT2D eigenvalue weighted by atomic mass is 32.2. The summed E-state index contributed by atoms with van der Waals surface area (Å²) in [6.07, 6.45) is 7.49. The number of amides is 1. The molecule has 0 aromatic heterocycles. The van der Waals surface area contributed by atoms with E-state index in [9.17, 15) is 4.79 Å². The van der Waals surface area contributed by atoms with Crippen LogP contribution in [0.2, 0.25) is 0 Å². The fourth-order valence-corrected chi connectivity index (χ4v) is 4.63. The van der Waals surface area contributed by atoms with Crippen LogP contribution in [0, 0.1) is 0 Å². The van der Waals surface area contributed by atoms with Gasteiger partial charge >= 0.3 is 0 Å². The minimum atomic E-state index is -0.713. The lowest BCUT2D eigenvalue weighted by Crippen LogP contribution is -2.55. The lowest BCUT2D eigenvalue weighted by atomic mass is 9.91. The molecule has 1 aromatic rings. The first-order chi connectivity index (χ1) is 10.2. The van der Waals surface area contributed by atoms with E-state index in [1.165, 1.54) is 25.7 Å². The number of hydrogen-bond donors (Lipinski definition) is 2. The highest BCUT2D eigenvalue weighted by Crippen LogP contribution is 2.36. The van der Waals surface area contributed by atoms with E-state index < -0.39 is 5.54 Å². The zero-order valence-electron chi connectivity index (χ0n) is 12.4. The van der Waals surface area contributed by atoms with Crippen LogP contribution in [0.15, 0.2) is 30.3 Å². The van der Waals surface area contributed by atoms with Crippen LogP contribution in [-0.4, -0.2) is 23.0 Å². The lowest BCUT2D eigenvalue weighted by Gasteiger charge is -2.33. The van der Waals surface area contributed by atoms with Gasteiger partial charge in [0.1, 0.15) is 5.54 Å². The summed E-state index contributed by atoms with van der Waals surface area (Å²) in [5, 5.41) is 4.24. The first kappa shape index (κ1) is 14.9. The Balaban J connectivity index is 1.82. The van der Waals surface area contributed by atoms with Gasteiger partial charge in [0, 0.05) is 17.0 Å². The van der Waals surface area contributed by atoms with Crippen molar-refractivity contribution in [2.45, 2.75) is 55.4 Å². The smallest absolute Gasteiger partial charge is 0.243 e. The second kappa shape index (κ2) is 6.41.